The number of nitrogens with two attached hydrogens (primary N) is 1. The first-order valence-corrected chi connectivity index (χ1v) is 28.3. The van der Waals surface area contributed by atoms with Gasteiger partial charge in [0, 0.05) is 48.4 Å². The van der Waals surface area contributed by atoms with Crippen LogP contribution in [-0.2, 0) is 41.5 Å². The summed E-state index contributed by atoms with van der Waals surface area (Å²) in [5.41, 5.74) is 10.1. The molecule has 2 aromatic heterocycles. The molecule has 2 aliphatic carbocycles. The number of allylic oxidation sites excluding steroid dienone is 2. The largest absolute Gasteiger partial charge is 0.496 e. The molecule has 7 rings (SSSR count). The number of hydrogen-bond donors (Lipinski definition) is 4. The molecule has 2 saturated carbocycles. The molecule has 0 bridgehead atoms. The van der Waals surface area contributed by atoms with Gasteiger partial charge in [0.2, 0.25) is 38.3 Å². The average Bonchev–Trinajstić information content (AvgIpc) is 4.14. The Balaban J connectivity index is 0.000000326. The number of carbonyl (C=O) groups excluding carboxylic acids is 3. The highest BCUT2D eigenvalue weighted by atomic mass is 32.2. The Kier molecular flexibility index (Phi) is 25.3. The number of sulfonamides is 2. The van der Waals surface area contributed by atoms with E-state index in [0.717, 1.165) is 59.4 Å². The quantitative estimate of drug-likeness (QED) is 0.0500. The summed E-state index contributed by atoms with van der Waals surface area (Å²) in [6.45, 7) is 21.1. The maximum Gasteiger partial charge on any atom is 0.240 e. The van der Waals surface area contributed by atoms with Gasteiger partial charge in [-0.2, -0.15) is 0 Å². The van der Waals surface area contributed by atoms with Crippen LogP contribution in [0.3, 0.4) is 0 Å². The van der Waals surface area contributed by atoms with Gasteiger partial charge in [-0.25, -0.2) is 21.8 Å². The number of nitrogens with zero attached hydrogens (tertiary/aromatic N) is 3. The van der Waals surface area contributed by atoms with E-state index >= 15 is 0 Å². The third kappa shape index (κ3) is 19.9. The van der Waals surface area contributed by atoms with Gasteiger partial charge in [-0.05, 0) is 107 Å². The third-order valence-corrected chi connectivity index (χ3v) is 14.4. The lowest BCUT2D eigenvalue weighted by atomic mass is 10.1. The standard InChI is InChI=1S/C18H21N3O2.C15H25NO3S.C8H11NO2S.C6H10N2O2.2C3H8/c1-10(2)14-9-21(4)18(20-14)13-8-15(22)12-6-7-16(23-5)11(3)17(12)19-13;1-3-4-5-6-7-8-12-11-13(12)14(17)16-20(18,19)15(2)9-10-15;1-7-4-3-5-8(6-7)9-12(2,10)11;7-6(10)5-2-1-3-8(5)4-9;2*1-3-2/h6-10H,1-5H3,(H,19,22);7-8,12-13H,3-6,9-11H2,1-2H3,(H,16,17);3-6,9H,1-2H3;4-5H,1-3H2,(H2,7,10);2*3H2,1-2H3/b;8-7-;;;;/t;12?,13-;;;;/m.0..../s1. The lowest BCUT2D eigenvalue weighted by Gasteiger charge is -2.15. The fraction of sp³-hybridized carbons (Fsp3) is 0.566. The molecular formula is C53H83N7O9S2. The minimum Gasteiger partial charge on any atom is -0.496 e. The molecule has 1 saturated heterocycles. The van der Waals surface area contributed by atoms with E-state index in [1.165, 1.54) is 37.0 Å². The number of primary amides is 1. The van der Waals surface area contributed by atoms with Crippen molar-refractivity contribution in [2.75, 3.05) is 24.6 Å². The molecule has 396 valence electrons. The van der Waals surface area contributed by atoms with Crippen LogP contribution in [0.25, 0.3) is 22.4 Å². The Hall–Kier alpha value is -5.49. The van der Waals surface area contributed by atoms with Crippen LogP contribution < -0.4 is 25.3 Å². The van der Waals surface area contributed by atoms with Crippen molar-refractivity contribution in [3.63, 3.8) is 0 Å². The number of unbranched alkanes of at least 4 members (excludes halogenated alkanes) is 3. The van der Waals surface area contributed by atoms with Crippen molar-refractivity contribution < 1.29 is 36.0 Å². The van der Waals surface area contributed by atoms with Crippen molar-refractivity contribution in [2.24, 2.45) is 24.6 Å². The van der Waals surface area contributed by atoms with E-state index in [1.807, 2.05) is 49.9 Å². The zero-order valence-corrected chi connectivity index (χ0v) is 46.2. The number of ether oxygens (including phenoxy) is 1. The summed E-state index contributed by atoms with van der Waals surface area (Å²) in [4.78, 5) is 54.7. The molecule has 3 atom stereocenters. The first-order valence-electron chi connectivity index (χ1n) is 24.9. The van der Waals surface area contributed by atoms with Crippen molar-refractivity contribution in [2.45, 2.75) is 157 Å². The van der Waals surface area contributed by atoms with Gasteiger partial charge in [0.1, 0.15) is 11.8 Å². The molecule has 3 fully saturated rings. The Morgan fingerprint density at radius 3 is 2.17 bits per heavy atom. The van der Waals surface area contributed by atoms with Gasteiger partial charge < -0.3 is 24.9 Å². The van der Waals surface area contributed by atoms with Crippen molar-refractivity contribution in [3.05, 3.63) is 87.9 Å². The van der Waals surface area contributed by atoms with Gasteiger partial charge in [0.05, 0.1) is 35.0 Å². The van der Waals surface area contributed by atoms with E-state index in [2.05, 4.69) is 80.0 Å². The molecule has 2 aromatic carbocycles. The predicted octanol–water partition coefficient (Wildman–Crippen LogP) is 9.42. The van der Waals surface area contributed by atoms with E-state index in [4.69, 9.17) is 10.5 Å². The predicted molar refractivity (Wildman–Crippen MR) is 288 cm³/mol. The fourth-order valence-electron chi connectivity index (χ4n) is 7.23. The number of pyridine rings is 1. The molecule has 3 aliphatic rings. The molecule has 71 heavy (non-hydrogen) atoms. The summed E-state index contributed by atoms with van der Waals surface area (Å²) < 4.78 is 56.7. The first-order chi connectivity index (χ1) is 33.4. The van der Waals surface area contributed by atoms with Gasteiger partial charge in [-0.1, -0.05) is 98.4 Å². The van der Waals surface area contributed by atoms with Crippen LogP contribution >= 0.6 is 0 Å². The molecule has 18 heteroatoms. The summed E-state index contributed by atoms with van der Waals surface area (Å²) in [6.07, 6.45) is 18.9. The SMILES string of the molecule is CCC.CCC.CCCCC/C=C\C1C[C@@H]1C(=O)NS(=O)(=O)C1(C)CC1.COc1ccc2c(=O)cc(-c3nc(C(C)C)cn3C)[nH]c2c1C.Cc1cccc(NS(C)(=O)=O)c1.NC(=O)C1CCCN1C=O. The van der Waals surface area contributed by atoms with Gasteiger partial charge >= 0.3 is 0 Å². The van der Waals surface area contributed by atoms with Crippen LogP contribution in [0.1, 0.15) is 149 Å². The molecular weight excluding hydrogens is 943 g/mol. The van der Waals surface area contributed by atoms with Gasteiger partial charge in [0.15, 0.2) is 11.3 Å². The molecule has 0 spiro atoms. The number of likely N-dealkylation sites (tertiary alicyclic amines) is 1. The number of H-pyrrole nitrogens is 1. The second-order valence-corrected chi connectivity index (χ2v) is 23.0. The van der Waals surface area contributed by atoms with Crippen LogP contribution in [0.4, 0.5) is 5.69 Å². The molecule has 0 radical (unpaired) electrons. The van der Waals surface area contributed by atoms with Crippen LogP contribution in [0.5, 0.6) is 5.75 Å². The van der Waals surface area contributed by atoms with E-state index in [1.54, 1.807) is 38.3 Å². The second kappa shape index (κ2) is 29.1. The van der Waals surface area contributed by atoms with E-state index in [0.29, 0.717) is 54.9 Å². The smallest absolute Gasteiger partial charge is 0.240 e. The first kappa shape index (κ1) is 61.6. The van der Waals surface area contributed by atoms with Crippen molar-refractivity contribution in [3.8, 4) is 17.3 Å². The number of anilines is 1. The molecule has 4 aromatic rings. The van der Waals surface area contributed by atoms with E-state index < -0.39 is 30.7 Å². The highest BCUT2D eigenvalue weighted by Crippen LogP contribution is 2.44. The number of aromatic nitrogens is 3. The maximum absolute atomic E-state index is 12.5. The number of aromatic amines is 1. The monoisotopic (exact) mass is 1030 g/mol. The van der Waals surface area contributed by atoms with Gasteiger partial charge in [-0.3, -0.25) is 28.6 Å². The average molecular weight is 1030 g/mol. The van der Waals surface area contributed by atoms with E-state index in [-0.39, 0.29) is 29.2 Å². The van der Waals surface area contributed by atoms with Crippen LogP contribution in [0.2, 0.25) is 0 Å². The Bertz CT molecular complexity index is 2650. The summed E-state index contributed by atoms with van der Waals surface area (Å²) in [5, 5.41) is 0.658. The molecule has 3 amide bonds. The number of nitrogens with one attached hydrogen (secondary N) is 3. The Morgan fingerprint density at radius 1 is 1.01 bits per heavy atom. The Morgan fingerprint density at radius 2 is 1.66 bits per heavy atom. The number of methoxy groups -OCH3 is 1. The summed E-state index contributed by atoms with van der Waals surface area (Å²) in [6, 6.07) is 12.1. The molecule has 16 nitrogen and oxygen atoms in total. The molecule has 5 N–H and O–H groups in total. The summed E-state index contributed by atoms with van der Waals surface area (Å²) in [7, 11) is -3.05. The molecule has 1 aliphatic heterocycles. The third-order valence-electron chi connectivity index (χ3n) is 11.6. The number of rotatable bonds is 15. The van der Waals surface area contributed by atoms with Gasteiger partial charge in [-0.15, -0.1) is 0 Å². The summed E-state index contributed by atoms with van der Waals surface area (Å²) in [5.74, 6) is 1.23. The minimum absolute atomic E-state index is 0.0198. The molecule has 2 unspecified atom stereocenters. The van der Waals surface area contributed by atoms with Crippen LogP contribution in [0, 0.1) is 25.7 Å². The summed E-state index contributed by atoms with van der Waals surface area (Å²) >= 11 is 0. The topological polar surface area (TPSA) is 233 Å². The maximum atomic E-state index is 12.5. The van der Waals surface area contributed by atoms with Crippen molar-refractivity contribution >= 4 is 54.9 Å². The number of hydrogen-bond acceptors (Lipinski definition) is 10. The normalized spacial score (nSPS) is 17.3. The minimum atomic E-state index is -3.47. The zero-order chi connectivity index (χ0) is 53.7. The Labute approximate surface area is 424 Å². The van der Waals surface area contributed by atoms with E-state index in [9.17, 15) is 36.0 Å². The number of imidazole rings is 1. The number of fused-ring (bicyclic) bond motifs is 1. The number of aryl methyl sites for hydroxylation is 3. The second-order valence-electron chi connectivity index (χ2n) is 19.0. The number of benzene rings is 2. The highest BCUT2D eigenvalue weighted by molar-refractivity contribution is 7.92. The van der Waals surface area contributed by atoms with Crippen molar-refractivity contribution in [1.82, 2.24) is 24.2 Å². The fourth-order valence-corrected chi connectivity index (χ4v) is 9.09. The highest BCUT2D eigenvalue weighted by Gasteiger charge is 2.52. The number of amides is 3. The molecule has 3 heterocycles. The lowest BCUT2D eigenvalue weighted by molar-refractivity contribution is -0.128. The van der Waals surface area contributed by atoms with Crippen LogP contribution in [-0.4, -0.2) is 85.2 Å². The zero-order valence-electron chi connectivity index (χ0n) is 44.6. The number of carbonyl (C=O) groups is 3. The van der Waals surface area contributed by atoms with Gasteiger partial charge in [0.25, 0.3) is 0 Å². The van der Waals surface area contributed by atoms with Crippen LogP contribution in [0.15, 0.2) is 65.6 Å². The lowest BCUT2D eigenvalue weighted by Crippen LogP contribution is -2.39. The van der Waals surface area contributed by atoms with Crippen molar-refractivity contribution in [1.29, 1.82) is 0 Å².